The van der Waals surface area contributed by atoms with E-state index in [1.165, 1.54) is 11.1 Å². The van der Waals surface area contributed by atoms with Gasteiger partial charge in [-0.15, -0.1) is 24.0 Å². The van der Waals surface area contributed by atoms with Gasteiger partial charge < -0.3 is 15.2 Å². The van der Waals surface area contributed by atoms with E-state index in [1.807, 2.05) is 24.3 Å². The van der Waals surface area contributed by atoms with Crippen molar-refractivity contribution in [1.82, 2.24) is 20.2 Å². The van der Waals surface area contributed by atoms with Crippen molar-refractivity contribution in [3.8, 4) is 0 Å². The van der Waals surface area contributed by atoms with Crippen molar-refractivity contribution < 1.29 is 0 Å². The smallest absolute Gasteiger partial charge is 0.191 e. The molecule has 2 aromatic carbocycles. The molecule has 5 nitrogen and oxygen atoms in total. The minimum Gasteiger partial charge on any atom is -0.357 e. The van der Waals surface area contributed by atoms with Gasteiger partial charge in [-0.25, -0.2) is 9.98 Å². The first-order chi connectivity index (χ1) is 12.8. The Bertz CT molecular complexity index is 857. The molecule has 3 aromatic rings. The van der Waals surface area contributed by atoms with Crippen LogP contribution in [-0.2, 0) is 13.1 Å². The Morgan fingerprint density at radius 2 is 1.78 bits per heavy atom. The molecule has 0 amide bonds. The molecule has 0 unspecified atom stereocenters. The number of hydrogen-bond acceptors (Lipinski definition) is 2. The molecule has 0 atom stereocenters. The van der Waals surface area contributed by atoms with Crippen LogP contribution in [0.25, 0.3) is 11.0 Å². The first-order valence-electron chi connectivity index (χ1n) is 9.26. The number of nitrogens with one attached hydrogen (secondary N) is 2. The zero-order valence-corrected chi connectivity index (χ0v) is 18.3. The Morgan fingerprint density at radius 1 is 1.04 bits per heavy atom. The number of rotatable bonds is 7. The second-order valence-corrected chi connectivity index (χ2v) is 6.26. The number of aliphatic imine (C=N–C) groups is 1. The van der Waals surface area contributed by atoms with Crippen LogP contribution in [0.3, 0.4) is 0 Å². The Kier molecular flexibility index (Phi) is 8.57. The van der Waals surface area contributed by atoms with E-state index in [4.69, 9.17) is 0 Å². The molecule has 144 valence electrons. The van der Waals surface area contributed by atoms with Gasteiger partial charge in [0.1, 0.15) is 5.82 Å². The maximum atomic E-state index is 4.66. The van der Waals surface area contributed by atoms with E-state index in [9.17, 15) is 0 Å². The van der Waals surface area contributed by atoms with Gasteiger partial charge in [-0.3, -0.25) is 0 Å². The molecule has 3 rings (SSSR count). The molecule has 0 aliphatic heterocycles. The van der Waals surface area contributed by atoms with E-state index in [0.29, 0.717) is 6.54 Å². The summed E-state index contributed by atoms with van der Waals surface area (Å²) in [6, 6.07) is 18.6. The molecule has 2 N–H and O–H groups in total. The molecule has 0 saturated heterocycles. The lowest BCUT2D eigenvalue weighted by Crippen LogP contribution is -2.38. The highest BCUT2D eigenvalue weighted by molar-refractivity contribution is 14.0. The molecular weight excluding hydrogens is 449 g/mol. The van der Waals surface area contributed by atoms with Crippen LogP contribution in [0, 0.1) is 6.92 Å². The Hall–Kier alpha value is -2.09. The number of guanidine groups is 1. The highest BCUT2D eigenvalue weighted by atomic mass is 127. The number of benzene rings is 2. The number of fused-ring (bicyclic) bond motifs is 1. The van der Waals surface area contributed by atoms with Gasteiger partial charge in [0.15, 0.2) is 5.96 Å². The summed E-state index contributed by atoms with van der Waals surface area (Å²) in [5, 5.41) is 6.73. The van der Waals surface area contributed by atoms with Crippen molar-refractivity contribution in [3.05, 3.63) is 66.0 Å². The third-order valence-corrected chi connectivity index (χ3v) is 4.30. The minimum absolute atomic E-state index is 0. The number of hydrogen-bond donors (Lipinski definition) is 2. The summed E-state index contributed by atoms with van der Waals surface area (Å²) in [5.74, 6) is 1.93. The SMILES string of the molecule is CCNC(=NCc1ccccc1)NCCCn1c(C)nc2ccccc21.I. The van der Waals surface area contributed by atoms with Crippen LogP contribution in [0.1, 0.15) is 24.7 Å². The molecule has 1 aromatic heterocycles. The van der Waals surface area contributed by atoms with Crippen LogP contribution in [0.15, 0.2) is 59.6 Å². The van der Waals surface area contributed by atoms with Gasteiger partial charge in [0.2, 0.25) is 0 Å². The van der Waals surface area contributed by atoms with Gasteiger partial charge in [-0.05, 0) is 38.0 Å². The Labute approximate surface area is 178 Å². The first kappa shape index (κ1) is 21.2. The van der Waals surface area contributed by atoms with Crippen molar-refractivity contribution in [2.75, 3.05) is 13.1 Å². The van der Waals surface area contributed by atoms with Gasteiger partial charge in [0.25, 0.3) is 0 Å². The van der Waals surface area contributed by atoms with Crippen LogP contribution < -0.4 is 10.6 Å². The van der Waals surface area contributed by atoms with Crippen molar-refractivity contribution in [2.45, 2.75) is 33.4 Å². The highest BCUT2D eigenvalue weighted by Gasteiger charge is 2.06. The topological polar surface area (TPSA) is 54.2 Å². The van der Waals surface area contributed by atoms with Gasteiger partial charge in [-0.1, -0.05) is 42.5 Å². The largest absolute Gasteiger partial charge is 0.357 e. The van der Waals surface area contributed by atoms with Crippen LogP contribution in [0.2, 0.25) is 0 Å². The maximum absolute atomic E-state index is 4.66. The summed E-state index contributed by atoms with van der Waals surface area (Å²) in [6.07, 6.45) is 1.01. The van der Waals surface area contributed by atoms with Crippen LogP contribution in [0.5, 0.6) is 0 Å². The summed E-state index contributed by atoms with van der Waals surface area (Å²) in [6.45, 7) is 7.50. The standard InChI is InChI=1S/C21H27N5.HI/c1-3-22-21(24-16-18-10-5-4-6-11-18)23-14-9-15-26-17(2)25-19-12-7-8-13-20(19)26;/h4-8,10-13H,3,9,14-16H2,1-2H3,(H2,22,23,24);1H. The lowest BCUT2D eigenvalue weighted by molar-refractivity contribution is 0.624. The number of para-hydroxylation sites is 2. The molecule has 6 heteroatoms. The van der Waals surface area contributed by atoms with Gasteiger partial charge in [-0.2, -0.15) is 0 Å². The lowest BCUT2D eigenvalue weighted by Gasteiger charge is -2.12. The minimum atomic E-state index is 0. The average molecular weight is 477 g/mol. The molecule has 1 heterocycles. The number of halogens is 1. The molecule has 0 aliphatic carbocycles. The fourth-order valence-electron chi connectivity index (χ4n) is 3.02. The predicted octanol–water partition coefficient (Wildman–Crippen LogP) is 4.11. The van der Waals surface area contributed by atoms with E-state index in [0.717, 1.165) is 43.4 Å². The van der Waals surface area contributed by atoms with Crippen LogP contribution >= 0.6 is 24.0 Å². The summed E-state index contributed by atoms with van der Waals surface area (Å²) in [5.41, 5.74) is 3.48. The molecular formula is C21H28IN5. The van der Waals surface area contributed by atoms with Crippen LogP contribution in [0.4, 0.5) is 0 Å². The summed E-state index contributed by atoms with van der Waals surface area (Å²) in [4.78, 5) is 9.29. The second-order valence-electron chi connectivity index (χ2n) is 6.26. The summed E-state index contributed by atoms with van der Waals surface area (Å²) < 4.78 is 2.28. The molecule has 0 bridgehead atoms. The van der Waals surface area contributed by atoms with E-state index in [2.05, 4.69) is 69.4 Å². The summed E-state index contributed by atoms with van der Waals surface area (Å²) >= 11 is 0. The molecule has 0 aliphatic rings. The predicted molar refractivity (Wildman–Crippen MR) is 124 cm³/mol. The third-order valence-electron chi connectivity index (χ3n) is 4.30. The van der Waals surface area contributed by atoms with E-state index in [-0.39, 0.29) is 24.0 Å². The normalized spacial score (nSPS) is 11.3. The highest BCUT2D eigenvalue weighted by Crippen LogP contribution is 2.15. The van der Waals surface area contributed by atoms with Gasteiger partial charge >= 0.3 is 0 Å². The number of aryl methyl sites for hydroxylation is 2. The monoisotopic (exact) mass is 477 g/mol. The number of imidazole rings is 1. The fourth-order valence-corrected chi connectivity index (χ4v) is 3.02. The van der Waals surface area contributed by atoms with Gasteiger partial charge in [0, 0.05) is 19.6 Å². The lowest BCUT2D eigenvalue weighted by atomic mass is 10.2. The van der Waals surface area contributed by atoms with Crippen molar-refractivity contribution in [1.29, 1.82) is 0 Å². The van der Waals surface area contributed by atoms with Crippen LogP contribution in [-0.4, -0.2) is 28.6 Å². The van der Waals surface area contributed by atoms with Crippen molar-refractivity contribution in [3.63, 3.8) is 0 Å². The second kappa shape index (κ2) is 10.9. The number of aromatic nitrogens is 2. The molecule has 0 fully saturated rings. The molecule has 27 heavy (non-hydrogen) atoms. The summed E-state index contributed by atoms with van der Waals surface area (Å²) in [7, 11) is 0. The average Bonchev–Trinajstić information content (AvgIpc) is 2.99. The maximum Gasteiger partial charge on any atom is 0.191 e. The van der Waals surface area contributed by atoms with Gasteiger partial charge in [0.05, 0.1) is 17.6 Å². The van der Waals surface area contributed by atoms with Crippen molar-refractivity contribution >= 4 is 41.0 Å². The molecule has 0 spiro atoms. The van der Waals surface area contributed by atoms with E-state index >= 15 is 0 Å². The Morgan fingerprint density at radius 3 is 2.56 bits per heavy atom. The van der Waals surface area contributed by atoms with E-state index < -0.39 is 0 Å². The fraction of sp³-hybridized carbons (Fsp3) is 0.333. The van der Waals surface area contributed by atoms with Crippen molar-refractivity contribution in [2.24, 2.45) is 4.99 Å². The quantitative estimate of drug-likeness (QED) is 0.233. The zero-order chi connectivity index (χ0) is 18.2. The van der Waals surface area contributed by atoms with E-state index in [1.54, 1.807) is 0 Å². The molecule has 0 radical (unpaired) electrons. The number of nitrogens with zero attached hydrogens (tertiary/aromatic N) is 3. The third kappa shape index (κ3) is 5.95. The first-order valence-corrected chi connectivity index (χ1v) is 9.26. The zero-order valence-electron chi connectivity index (χ0n) is 16.0. The molecule has 0 saturated carbocycles. The Balaban J connectivity index is 0.00000261.